The molecule has 0 aliphatic heterocycles. The maximum absolute atomic E-state index is 11.5. The largest absolute Gasteiger partial charge is 0.460 e. The number of carbonyl (C=O) groups is 5. The Morgan fingerprint density at radius 2 is 1.59 bits per heavy atom. The van der Waals surface area contributed by atoms with E-state index >= 15 is 0 Å². The predicted molar refractivity (Wildman–Crippen MR) is 76.7 cm³/mol. The molecule has 0 saturated carbocycles. The Morgan fingerprint density at radius 3 is 2.09 bits per heavy atom. The molecule has 0 aliphatic rings. The number of ketones is 2. The summed E-state index contributed by atoms with van der Waals surface area (Å²) in [5.41, 5.74) is 0. The minimum atomic E-state index is -0.716. The van der Waals surface area contributed by atoms with Crippen molar-refractivity contribution in [1.29, 1.82) is 0 Å². The van der Waals surface area contributed by atoms with Gasteiger partial charge in [0.15, 0.2) is 0 Å². The van der Waals surface area contributed by atoms with Gasteiger partial charge in [0.05, 0.1) is 18.9 Å². The molecule has 0 aromatic carbocycles. The van der Waals surface area contributed by atoms with Crippen LogP contribution in [0.3, 0.4) is 0 Å². The van der Waals surface area contributed by atoms with E-state index in [4.69, 9.17) is 4.74 Å². The summed E-state index contributed by atoms with van der Waals surface area (Å²) in [5.74, 6) is -2.35. The smallest absolute Gasteiger partial charge is 0.330 e. The van der Waals surface area contributed by atoms with Gasteiger partial charge >= 0.3 is 5.97 Å². The standard InChI is InChI=1S/C14H20N2O6/c1-4-14(21)22-8-11(16-13(20)6-10(3)18)7-15-12(19)5-9(2)17/h4,11H,1,5-8H2,2-3H3,(H,15,19)(H,16,20). The first-order chi connectivity index (χ1) is 10.2. The Labute approximate surface area is 128 Å². The molecule has 0 saturated heterocycles. The first kappa shape index (κ1) is 19.5. The molecule has 0 heterocycles. The van der Waals surface area contributed by atoms with Crippen LogP contribution in [0.1, 0.15) is 26.7 Å². The van der Waals surface area contributed by atoms with E-state index < -0.39 is 23.8 Å². The number of esters is 1. The molecule has 0 spiro atoms. The van der Waals surface area contributed by atoms with Gasteiger partial charge in [0.1, 0.15) is 18.2 Å². The normalized spacial score (nSPS) is 11.0. The van der Waals surface area contributed by atoms with E-state index in [1.54, 1.807) is 0 Å². The van der Waals surface area contributed by atoms with Gasteiger partial charge in [0.2, 0.25) is 11.8 Å². The van der Waals surface area contributed by atoms with Crippen LogP contribution in [-0.2, 0) is 28.7 Å². The lowest BCUT2D eigenvalue weighted by molar-refractivity contribution is -0.139. The Morgan fingerprint density at radius 1 is 1.05 bits per heavy atom. The minimum Gasteiger partial charge on any atom is -0.460 e. The summed E-state index contributed by atoms with van der Waals surface area (Å²) < 4.78 is 4.80. The van der Waals surface area contributed by atoms with Crippen molar-refractivity contribution < 1.29 is 28.7 Å². The monoisotopic (exact) mass is 312 g/mol. The molecule has 8 nitrogen and oxygen atoms in total. The van der Waals surface area contributed by atoms with Gasteiger partial charge in [-0.05, 0) is 13.8 Å². The Kier molecular flexibility index (Phi) is 9.08. The zero-order chi connectivity index (χ0) is 17.1. The average molecular weight is 312 g/mol. The first-order valence-electron chi connectivity index (χ1n) is 6.58. The van der Waals surface area contributed by atoms with E-state index in [0.717, 1.165) is 6.08 Å². The molecule has 2 amide bonds. The van der Waals surface area contributed by atoms with Crippen molar-refractivity contribution in [2.24, 2.45) is 0 Å². The molecule has 0 rings (SSSR count). The number of Topliss-reactive ketones (excluding diaryl/α,β-unsaturated/α-hetero) is 2. The number of hydrogen-bond donors (Lipinski definition) is 2. The second kappa shape index (κ2) is 10.3. The molecule has 0 aliphatic carbocycles. The number of amides is 2. The molecule has 0 aromatic heterocycles. The number of carbonyl (C=O) groups excluding carboxylic acids is 5. The van der Waals surface area contributed by atoms with Gasteiger partial charge in [-0.3, -0.25) is 19.2 Å². The highest BCUT2D eigenvalue weighted by Gasteiger charge is 2.16. The van der Waals surface area contributed by atoms with E-state index in [1.807, 2.05) is 0 Å². The third-order valence-corrected chi connectivity index (χ3v) is 2.32. The molecule has 0 radical (unpaired) electrons. The van der Waals surface area contributed by atoms with Crippen LogP contribution in [0.15, 0.2) is 12.7 Å². The predicted octanol–water partition coefficient (Wildman–Crippen LogP) is -0.725. The molecule has 0 fully saturated rings. The van der Waals surface area contributed by atoms with Crippen LogP contribution in [0.2, 0.25) is 0 Å². The highest BCUT2D eigenvalue weighted by molar-refractivity contribution is 5.97. The van der Waals surface area contributed by atoms with Crippen LogP contribution in [0.4, 0.5) is 0 Å². The summed E-state index contributed by atoms with van der Waals surface area (Å²) in [7, 11) is 0. The Hall–Kier alpha value is -2.51. The third-order valence-electron chi connectivity index (χ3n) is 2.32. The van der Waals surface area contributed by atoms with Gasteiger partial charge in [-0.25, -0.2) is 4.79 Å². The fourth-order valence-electron chi connectivity index (χ4n) is 1.42. The molecule has 22 heavy (non-hydrogen) atoms. The number of hydrogen-bond acceptors (Lipinski definition) is 6. The second-order valence-corrected chi connectivity index (χ2v) is 4.66. The van der Waals surface area contributed by atoms with Gasteiger partial charge in [-0.2, -0.15) is 0 Å². The van der Waals surface area contributed by atoms with Crippen molar-refractivity contribution in [2.75, 3.05) is 13.2 Å². The zero-order valence-corrected chi connectivity index (χ0v) is 12.6. The molecule has 2 N–H and O–H groups in total. The molecule has 0 aromatic rings. The number of ether oxygens (including phenoxy) is 1. The molecule has 8 heteroatoms. The van der Waals surface area contributed by atoms with Crippen molar-refractivity contribution in [1.82, 2.24) is 10.6 Å². The van der Waals surface area contributed by atoms with Crippen molar-refractivity contribution in [3.8, 4) is 0 Å². The van der Waals surface area contributed by atoms with E-state index in [1.165, 1.54) is 13.8 Å². The quantitative estimate of drug-likeness (QED) is 0.312. The lowest BCUT2D eigenvalue weighted by Gasteiger charge is -2.18. The molecular weight excluding hydrogens is 292 g/mol. The van der Waals surface area contributed by atoms with Crippen molar-refractivity contribution in [2.45, 2.75) is 32.7 Å². The Bertz CT molecular complexity index is 472. The number of rotatable bonds is 10. The van der Waals surface area contributed by atoms with Crippen LogP contribution in [0.25, 0.3) is 0 Å². The van der Waals surface area contributed by atoms with Crippen LogP contribution < -0.4 is 10.6 Å². The van der Waals surface area contributed by atoms with Crippen LogP contribution in [0.5, 0.6) is 0 Å². The lowest BCUT2D eigenvalue weighted by atomic mass is 10.2. The van der Waals surface area contributed by atoms with Crippen molar-refractivity contribution >= 4 is 29.4 Å². The lowest BCUT2D eigenvalue weighted by Crippen LogP contribution is -2.47. The second-order valence-electron chi connectivity index (χ2n) is 4.66. The fourth-order valence-corrected chi connectivity index (χ4v) is 1.42. The highest BCUT2D eigenvalue weighted by atomic mass is 16.5. The zero-order valence-electron chi connectivity index (χ0n) is 12.6. The molecule has 1 unspecified atom stereocenters. The molecule has 122 valence electrons. The summed E-state index contributed by atoms with van der Waals surface area (Å²) in [4.78, 5) is 55.6. The van der Waals surface area contributed by atoms with Gasteiger partial charge in [-0.15, -0.1) is 0 Å². The minimum absolute atomic E-state index is 0.0415. The highest BCUT2D eigenvalue weighted by Crippen LogP contribution is 1.92. The van der Waals surface area contributed by atoms with E-state index in [2.05, 4.69) is 17.2 Å². The van der Waals surface area contributed by atoms with Gasteiger partial charge in [-0.1, -0.05) is 6.58 Å². The van der Waals surface area contributed by atoms with Gasteiger partial charge in [0, 0.05) is 12.6 Å². The molecular formula is C14H20N2O6. The van der Waals surface area contributed by atoms with Crippen LogP contribution in [0, 0.1) is 0 Å². The van der Waals surface area contributed by atoms with Crippen molar-refractivity contribution in [3.63, 3.8) is 0 Å². The topological polar surface area (TPSA) is 119 Å². The van der Waals surface area contributed by atoms with Gasteiger partial charge < -0.3 is 15.4 Å². The maximum atomic E-state index is 11.5. The van der Waals surface area contributed by atoms with Crippen LogP contribution in [-0.4, -0.2) is 48.5 Å². The summed E-state index contributed by atoms with van der Waals surface area (Å²) in [6.07, 6.45) is 0.372. The van der Waals surface area contributed by atoms with Crippen molar-refractivity contribution in [3.05, 3.63) is 12.7 Å². The average Bonchev–Trinajstić information content (AvgIpc) is 2.39. The van der Waals surface area contributed by atoms with Gasteiger partial charge in [0.25, 0.3) is 0 Å². The summed E-state index contributed by atoms with van der Waals surface area (Å²) in [5, 5.41) is 4.90. The molecule has 0 bridgehead atoms. The van der Waals surface area contributed by atoms with E-state index in [-0.39, 0.29) is 37.6 Å². The van der Waals surface area contributed by atoms with E-state index in [9.17, 15) is 24.0 Å². The first-order valence-corrected chi connectivity index (χ1v) is 6.58. The fraction of sp³-hybridized carbons (Fsp3) is 0.500. The maximum Gasteiger partial charge on any atom is 0.330 e. The molecule has 1 atom stereocenters. The SMILES string of the molecule is C=CC(=O)OCC(CNC(=O)CC(C)=O)NC(=O)CC(C)=O. The van der Waals surface area contributed by atoms with E-state index in [0.29, 0.717) is 0 Å². The van der Waals surface area contributed by atoms with Crippen LogP contribution >= 0.6 is 0 Å². The number of nitrogens with one attached hydrogen (secondary N) is 2. The Balaban J connectivity index is 4.50. The third kappa shape index (κ3) is 10.3. The summed E-state index contributed by atoms with van der Waals surface area (Å²) in [6.45, 7) is 5.53. The summed E-state index contributed by atoms with van der Waals surface area (Å²) >= 11 is 0. The summed E-state index contributed by atoms with van der Waals surface area (Å²) in [6, 6.07) is -0.716.